The molecule has 2 heterocycles. The summed E-state index contributed by atoms with van der Waals surface area (Å²) in [6, 6.07) is 10.3. The van der Waals surface area contributed by atoms with Crippen LogP contribution in [0.1, 0.15) is 10.4 Å². The SMILES string of the molecule is O=C(Nc1cccc(-n2cnnn2)c1)c1cc(Cl)c2c(c1)OCCO2. The zero-order valence-electron chi connectivity index (χ0n) is 12.8. The average Bonchev–Trinajstić information content (AvgIpc) is 3.17. The first kappa shape index (κ1) is 15.4. The van der Waals surface area contributed by atoms with Crippen molar-refractivity contribution in [2.45, 2.75) is 0 Å². The molecule has 4 rings (SSSR count). The Hall–Kier alpha value is -3.13. The maximum Gasteiger partial charge on any atom is 0.255 e. The number of halogens is 1. The highest BCUT2D eigenvalue weighted by Crippen LogP contribution is 2.38. The van der Waals surface area contributed by atoms with Crippen LogP contribution in [0, 0.1) is 0 Å². The Balaban J connectivity index is 1.58. The van der Waals surface area contributed by atoms with Crippen LogP contribution >= 0.6 is 11.6 Å². The van der Waals surface area contributed by atoms with E-state index >= 15 is 0 Å². The summed E-state index contributed by atoms with van der Waals surface area (Å²) in [5.41, 5.74) is 1.70. The van der Waals surface area contributed by atoms with Crippen LogP contribution in [0.4, 0.5) is 5.69 Å². The number of fused-ring (bicyclic) bond motifs is 1. The molecule has 126 valence electrons. The van der Waals surface area contributed by atoms with Gasteiger partial charge >= 0.3 is 0 Å². The standard InChI is InChI=1S/C16H12ClN5O3/c17-13-6-10(7-14-15(13)25-5-4-24-14)16(23)19-11-2-1-3-12(8-11)22-9-18-20-21-22/h1-3,6-9H,4-5H2,(H,19,23). The number of ether oxygens (including phenoxy) is 2. The Morgan fingerprint density at radius 3 is 2.92 bits per heavy atom. The fourth-order valence-electron chi connectivity index (χ4n) is 2.45. The zero-order valence-corrected chi connectivity index (χ0v) is 13.6. The Bertz CT molecular complexity index is 930. The van der Waals surface area contributed by atoms with Gasteiger partial charge in [0.05, 0.1) is 10.7 Å². The molecule has 9 heteroatoms. The summed E-state index contributed by atoms with van der Waals surface area (Å²) in [6.45, 7) is 0.852. The van der Waals surface area contributed by atoms with Gasteiger partial charge in [0, 0.05) is 11.3 Å². The van der Waals surface area contributed by atoms with Gasteiger partial charge in [0.25, 0.3) is 5.91 Å². The molecule has 0 bridgehead atoms. The number of carbonyl (C=O) groups excluding carboxylic acids is 1. The molecule has 1 N–H and O–H groups in total. The molecule has 0 radical (unpaired) electrons. The summed E-state index contributed by atoms with van der Waals surface area (Å²) in [4.78, 5) is 12.5. The van der Waals surface area contributed by atoms with Crippen LogP contribution in [0.2, 0.25) is 5.02 Å². The monoisotopic (exact) mass is 357 g/mol. The van der Waals surface area contributed by atoms with Crippen LogP contribution in [-0.2, 0) is 0 Å². The molecule has 25 heavy (non-hydrogen) atoms. The van der Waals surface area contributed by atoms with E-state index in [0.29, 0.717) is 41.0 Å². The summed E-state index contributed by atoms with van der Waals surface area (Å²) in [6.07, 6.45) is 1.47. The lowest BCUT2D eigenvalue weighted by atomic mass is 10.1. The predicted molar refractivity (Wildman–Crippen MR) is 89.5 cm³/mol. The fourth-order valence-corrected chi connectivity index (χ4v) is 2.72. The maximum atomic E-state index is 12.5. The number of hydrogen-bond donors (Lipinski definition) is 1. The number of tetrazole rings is 1. The molecular weight excluding hydrogens is 346 g/mol. The number of nitrogens with zero attached hydrogens (tertiary/aromatic N) is 4. The first-order valence-corrected chi connectivity index (χ1v) is 7.82. The molecule has 2 aromatic carbocycles. The van der Waals surface area contributed by atoms with E-state index in [1.807, 2.05) is 6.07 Å². The second-order valence-corrected chi connectivity index (χ2v) is 5.65. The van der Waals surface area contributed by atoms with Gasteiger partial charge in [-0.25, -0.2) is 4.68 Å². The molecule has 3 aromatic rings. The van der Waals surface area contributed by atoms with Crippen molar-refractivity contribution in [3.63, 3.8) is 0 Å². The fraction of sp³-hybridized carbons (Fsp3) is 0.125. The van der Waals surface area contributed by atoms with Crippen molar-refractivity contribution in [2.75, 3.05) is 18.5 Å². The van der Waals surface area contributed by atoms with Crippen molar-refractivity contribution in [3.05, 3.63) is 53.3 Å². The number of carbonyl (C=O) groups is 1. The van der Waals surface area contributed by atoms with Crippen LogP contribution in [0.15, 0.2) is 42.7 Å². The lowest BCUT2D eigenvalue weighted by Crippen LogP contribution is -2.17. The number of hydrogen-bond acceptors (Lipinski definition) is 6. The molecule has 1 amide bonds. The summed E-state index contributed by atoms with van der Waals surface area (Å²) >= 11 is 6.18. The van der Waals surface area contributed by atoms with E-state index in [9.17, 15) is 4.79 Å². The molecule has 0 unspecified atom stereocenters. The maximum absolute atomic E-state index is 12.5. The minimum Gasteiger partial charge on any atom is -0.486 e. The molecule has 8 nitrogen and oxygen atoms in total. The number of aromatic nitrogens is 4. The Kier molecular flexibility index (Phi) is 3.95. The van der Waals surface area contributed by atoms with Crippen molar-refractivity contribution in [1.29, 1.82) is 0 Å². The molecule has 1 aromatic heterocycles. The largest absolute Gasteiger partial charge is 0.486 e. The first-order chi connectivity index (χ1) is 12.2. The van der Waals surface area contributed by atoms with Crippen LogP contribution in [0.25, 0.3) is 5.69 Å². The Labute approximate surface area is 147 Å². The van der Waals surface area contributed by atoms with Crippen molar-refractivity contribution in [1.82, 2.24) is 20.2 Å². The highest BCUT2D eigenvalue weighted by atomic mass is 35.5. The van der Waals surface area contributed by atoms with E-state index in [0.717, 1.165) is 5.69 Å². The second kappa shape index (κ2) is 6.40. The smallest absolute Gasteiger partial charge is 0.255 e. The van der Waals surface area contributed by atoms with Crippen molar-refractivity contribution < 1.29 is 14.3 Å². The van der Waals surface area contributed by atoms with Gasteiger partial charge < -0.3 is 14.8 Å². The molecule has 1 aliphatic rings. The number of rotatable bonds is 3. The summed E-state index contributed by atoms with van der Waals surface area (Å²) in [7, 11) is 0. The van der Waals surface area contributed by atoms with Crippen LogP contribution in [0.3, 0.4) is 0 Å². The van der Waals surface area contributed by atoms with E-state index in [1.165, 1.54) is 11.0 Å². The second-order valence-electron chi connectivity index (χ2n) is 5.24. The molecule has 0 fully saturated rings. The highest BCUT2D eigenvalue weighted by molar-refractivity contribution is 6.32. The number of nitrogens with one attached hydrogen (secondary N) is 1. The minimum absolute atomic E-state index is 0.312. The third-order valence-electron chi connectivity index (χ3n) is 3.58. The predicted octanol–water partition coefficient (Wildman–Crippen LogP) is 2.34. The number of amides is 1. The van der Waals surface area contributed by atoms with Gasteiger partial charge in [-0.05, 0) is 40.8 Å². The van der Waals surface area contributed by atoms with Gasteiger partial charge in [0.15, 0.2) is 11.5 Å². The van der Waals surface area contributed by atoms with Gasteiger partial charge in [-0.15, -0.1) is 5.10 Å². The van der Waals surface area contributed by atoms with Gasteiger partial charge in [-0.2, -0.15) is 0 Å². The average molecular weight is 358 g/mol. The van der Waals surface area contributed by atoms with E-state index in [2.05, 4.69) is 20.8 Å². The molecule has 0 saturated heterocycles. The Morgan fingerprint density at radius 1 is 1.20 bits per heavy atom. The van der Waals surface area contributed by atoms with Gasteiger partial charge in [-0.3, -0.25) is 4.79 Å². The molecule has 0 saturated carbocycles. The van der Waals surface area contributed by atoms with Crippen molar-refractivity contribution in [2.24, 2.45) is 0 Å². The normalized spacial score (nSPS) is 12.7. The van der Waals surface area contributed by atoms with Gasteiger partial charge in [-0.1, -0.05) is 17.7 Å². The third-order valence-corrected chi connectivity index (χ3v) is 3.86. The lowest BCUT2D eigenvalue weighted by Gasteiger charge is -2.20. The van der Waals surface area contributed by atoms with E-state index in [4.69, 9.17) is 21.1 Å². The molecule has 0 aliphatic carbocycles. The van der Waals surface area contributed by atoms with Crippen LogP contribution < -0.4 is 14.8 Å². The van der Waals surface area contributed by atoms with Gasteiger partial charge in [0.2, 0.25) is 0 Å². The van der Waals surface area contributed by atoms with E-state index in [1.54, 1.807) is 30.3 Å². The first-order valence-electron chi connectivity index (χ1n) is 7.44. The molecule has 1 aliphatic heterocycles. The van der Waals surface area contributed by atoms with E-state index in [-0.39, 0.29) is 5.91 Å². The lowest BCUT2D eigenvalue weighted by molar-refractivity contribution is 0.102. The van der Waals surface area contributed by atoms with Crippen LogP contribution in [-0.4, -0.2) is 39.3 Å². The number of benzene rings is 2. The summed E-state index contributed by atoms with van der Waals surface area (Å²) in [5.74, 6) is 0.615. The van der Waals surface area contributed by atoms with Crippen LogP contribution in [0.5, 0.6) is 11.5 Å². The quantitative estimate of drug-likeness (QED) is 0.773. The Morgan fingerprint density at radius 2 is 2.08 bits per heavy atom. The van der Waals surface area contributed by atoms with Crippen molar-refractivity contribution in [3.8, 4) is 17.2 Å². The molecule has 0 atom stereocenters. The molecule has 0 spiro atoms. The zero-order chi connectivity index (χ0) is 17.2. The molecular formula is C16H12ClN5O3. The third kappa shape index (κ3) is 3.11. The summed E-state index contributed by atoms with van der Waals surface area (Å²) < 4.78 is 12.4. The minimum atomic E-state index is -0.312. The summed E-state index contributed by atoms with van der Waals surface area (Å²) in [5, 5.41) is 14.2. The topological polar surface area (TPSA) is 91.2 Å². The van der Waals surface area contributed by atoms with Crippen molar-refractivity contribution >= 4 is 23.2 Å². The van der Waals surface area contributed by atoms with Gasteiger partial charge in [0.1, 0.15) is 19.5 Å². The highest BCUT2D eigenvalue weighted by Gasteiger charge is 2.19. The van der Waals surface area contributed by atoms with E-state index < -0.39 is 0 Å². The number of anilines is 1.